The van der Waals surface area contributed by atoms with Crippen LogP contribution in [0.1, 0.15) is 24.2 Å². The Labute approximate surface area is 133 Å². The highest BCUT2D eigenvalue weighted by Crippen LogP contribution is 2.21. The lowest BCUT2D eigenvalue weighted by Gasteiger charge is -2.19. The summed E-state index contributed by atoms with van der Waals surface area (Å²) in [6.07, 6.45) is 0.0888. The fourth-order valence-corrected chi connectivity index (χ4v) is 2.53. The maximum absolute atomic E-state index is 12.3. The highest BCUT2D eigenvalue weighted by molar-refractivity contribution is 9.10. The average molecular weight is 379 g/mol. The Balaban J connectivity index is 2.91. The molecule has 1 aromatic rings. The Hall–Kier alpha value is -0.960. The molecule has 0 heterocycles. The molecule has 2 N–H and O–H groups in total. The number of nitrogens with zero attached hydrogens (tertiary/aromatic N) is 1. The van der Waals surface area contributed by atoms with E-state index in [1.54, 1.807) is 7.05 Å². The summed E-state index contributed by atoms with van der Waals surface area (Å²) >= 11 is 3.24. The molecule has 6 nitrogen and oxygen atoms in total. The molecule has 0 aromatic heterocycles. The minimum absolute atomic E-state index is 0.0888. The van der Waals surface area contributed by atoms with Crippen LogP contribution in [0.15, 0.2) is 27.6 Å². The lowest BCUT2D eigenvalue weighted by atomic mass is 10.2. The molecular weight excluding hydrogens is 360 g/mol. The molecule has 118 valence electrons. The third-order valence-electron chi connectivity index (χ3n) is 2.72. The molecule has 0 bridgehead atoms. The third kappa shape index (κ3) is 5.39. The van der Waals surface area contributed by atoms with E-state index >= 15 is 0 Å². The quantitative estimate of drug-likeness (QED) is 0.813. The summed E-state index contributed by atoms with van der Waals surface area (Å²) in [6, 6.07) is 4.10. The number of nitrogens with two attached hydrogens (primary N) is 1. The standard InChI is InChI=1S/C13H19BrN2O4S/c1-9(2)20-7-6-16(3)13(17)11-8-10(21(15,18)19)4-5-12(11)14/h4-5,8-9H,6-7H2,1-3H3,(H2,15,18,19). The van der Waals surface area contributed by atoms with E-state index < -0.39 is 10.0 Å². The average Bonchev–Trinajstić information content (AvgIpc) is 2.36. The van der Waals surface area contributed by atoms with Crippen LogP contribution in [0.4, 0.5) is 0 Å². The number of halogens is 1. The summed E-state index contributed by atoms with van der Waals surface area (Å²) in [6.45, 7) is 4.64. The number of amides is 1. The molecule has 1 aromatic carbocycles. The minimum Gasteiger partial charge on any atom is -0.377 e. The summed E-state index contributed by atoms with van der Waals surface area (Å²) < 4.78 is 28.6. The maximum Gasteiger partial charge on any atom is 0.254 e. The Morgan fingerprint density at radius 2 is 2.05 bits per heavy atom. The van der Waals surface area contributed by atoms with Gasteiger partial charge in [-0.3, -0.25) is 4.79 Å². The molecule has 0 saturated carbocycles. The van der Waals surface area contributed by atoms with Crippen molar-refractivity contribution >= 4 is 31.9 Å². The van der Waals surface area contributed by atoms with E-state index in [4.69, 9.17) is 9.88 Å². The molecule has 0 fully saturated rings. The lowest BCUT2D eigenvalue weighted by Crippen LogP contribution is -2.31. The molecule has 0 spiro atoms. The zero-order chi connectivity index (χ0) is 16.2. The second-order valence-corrected chi connectivity index (χ2v) is 7.25. The number of ether oxygens (including phenoxy) is 1. The molecule has 1 amide bonds. The SMILES string of the molecule is CC(C)OCCN(C)C(=O)c1cc(S(N)(=O)=O)ccc1Br. The molecular formula is C13H19BrN2O4S. The number of hydrogen-bond acceptors (Lipinski definition) is 4. The van der Waals surface area contributed by atoms with E-state index in [1.807, 2.05) is 13.8 Å². The molecule has 0 aliphatic rings. The molecule has 0 aliphatic heterocycles. The molecule has 8 heteroatoms. The van der Waals surface area contributed by atoms with E-state index in [1.165, 1.54) is 23.1 Å². The van der Waals surface area contributed by atoms with Crippen molar-refractivity contribution in [2.24, 2.45) is 5.14 Å². The maximum atomic E-state index is 12.3. The van der Waals surface area contributed by atoms with Crippen LogP contribution in [-0.2, 0) is 14.8 Å². The highest BCUT2D eigenvalue weighted by atomic mass is 79.9. The van der Waals surface area contributed by atoms with Gasteiger partial charge in [-0.25, -0.2) is 13.6 Å². The predicted molar refractivity (Wildman–Crippen MR) is 83.6 cm³/mol. The first-order chi connectivity index (χ1) is 9.62. The van der Waals surface area contributed by atoms with Gasteiger partial charge in [0.1, 0.15) is 0 Å². The fourth-order valence-electron chi connectivity index (χ4n) is 1.58. The molecule has 1 rings (SSSR count). The van der Waals surface area contributed by atoms with Crippen LogP contribution >= 0.6 is 15.9 Å². The van der Waals surface area contributed by atoms with Gasteiger partial charge >= 0.3 is 0 Å². The van der Waals surface area contributed by atoms with E-state index in [-0.39, 0.29) is 22.5 Å². The van der Waals surface area contributed by atoms with Crippen LogP contribution in [0.3, 0.4) is 0 Å². The summed E-state index contributed by atoms with van der Waals surface area (Å²) in [5, 5.41) is 5.08. The second kappa shape index (κ2) is 7.35. The lowest BCUT2D eigenvalue weighted by molar-refractivity contribution is 0.0531. The topological polar surface area (TPSA) is 89.7 Å². The summed E-state index contributed by atoms with van der Waals surface area (Å²) in [5.41, 5.74) is 0.244. The second-order valence-electron chi connectivity index (χ2n) is 4.83. The van der Waals surface area contributed by atoms with E-state index in [0.717, 1.165) is 0 Å². The van der Waals surface area contributed by atoms with Crippen molar-refractivity contribution in [2.75, 3.05) is 20.2 Å². The minimum atomic E-state index is -3.85. The number of likely N-dealkylation sites (N-methyl/N-ethyl adjacent to an activating group) is 1. The smallest absolute Gasteiger partial charge is 0.254 e. The first kappa shape index (κ1) is 18.1. The van der Waals surface area contributed by atoms with Crippen LogP contribution in [0.2, 0.25) is 0 Å². The highest BCUT2D eigenvalue weighted by Gasteiger charge is 2.18. The molecule has 0 saturated heterocycles. The number of primary sulfonamides is 1. The summed E-state index contributed by atoms with van der Waals surface area (Å²) in [4.78, 5) is 13.7. The Morgan fingerprint density at radius 1 is 1.43 bits per heavy atom. The van der Waals surface area contributed by atoms with Crippen LogP contribution in [0.25, 0.3) is 0 Å². The zero-order valence-corrected chi connectivity index (χ0v) is 14.6. The van der Waals surface area contributed by atoms with Gasteiger partial charge in [0.15, 0.2) is 0 Å². The van der Waals surface area contributed by atoms with Gasteiger partial charge in [-0.15, -0.1) is 0 Å². The van der Waals surface area contributed by atoms with Gasteiger partial charge in [0.25, 0.3) is 5.91 Å². The van der Waals surface area contributed by atoms with Gasteiger partial charge in [-0.2, -0.15) is 0 Å². The van der Waals surface area contributed by atoms with Crippen molar-refractivity contribution in [3.8, 4) is 0 Å². The van der Waals surface area contributed by atoms with Crippen LogP contribution < -0.4 is 5.14 Å². The van der Waals surface area contributed by atoms with Gasteiger partial charge < -0.3 is 9.64 Å². The van der Waals surface area contributed by atoms with Gasteiger partial charge in [-0.05, 0) is 48.0 Å². The van der Waals surface area contributed by atoms with Crippen LogP contribution in [0, 0.1) is 0 Å². The number of sulfonamides is 1. The number of rotatable bonds is 6. The van der Waals surface area contributed by atoms with Crippen molar-refractivity contribution in [1.82, 2.24) is 4.90 Å². The molecule has 0 radical (unpaired) electrons. The first-order valence-electron chi connectivity index (χ1n) is 6.32. The Morgan fingerprint density at radius 3 is 2.57 bits per heavy atom. The summed E-state index contributed by atoms with van der Waals surface area (Å²) in [5.74, 6) is -0.306. The number of hydrogen-bond donors (Lipinski definition) is 1. The van der Waals surface area contributed by atoms with Crippen molar-refractivity contribution in [3.63, 3.8) is 0 Å². The Kier molecular flexibility index (Phi) is 6.33. The van der Waals surface area contributed by atoms with Gasteiger partial charge in [0, 0.05) is 18.1 Å². The monoisotopic (exact) mass is 378 g/mol. The fraction of sp³-hybridized carbons (Fsp3) is 0.462. The van der Waals surface area contributed by atoms with Gasteiger partial charge in [0.2, 0.25) is 10.0 Å². The summed E-state index contributed by atoms with van der Waals surface area (Å²) in [7, 11) is -2.22. The van der Waals surface area contributed by atoms with E-state index in [2.05, 4.69) is 15.9 Å². The predicted octanol–water partition coefficient (Wildman–Crippen LogP) is 1.59. The molecule has 0 aliphatic carbocycles. The molecule has 0 unspecified atom stereocenters. The van der Waals surface area contributed by atoms with Gasteiger partial charge in [0.05, 0.1) is 23.2 Å². The molecule has 21 heavy (non-hydrogen) atoms. The largest absolute Gasteiger partial charge is 0.377 e. The van der Waals surface area contributed by atoms with Crippen molar-refractivity contribution in [3.05, 3.63) is 28.2 Å². The van der Waals surface area contributed by atoms with Crippen LogP contribution in [0.5, 0.6) is 0 Å². The van der Waals surface area contributed by atoms with Gasteiger partial charge in [-0.1, -0.05) is 0 Å². The van der Waals surface area contributed by atoms with Crippen molar-refractivity contribution in [2.45, 2.75) is 24.8 Å². The number of benzene rings is 1. The molecule has 0 atom stereocenters. The van der Waals surface area contributed by atoms with Crippen LogP contribution in [-0.4, -0.2) is 45.5 Å². The third-order valence-corrected chi connectivity index (χ3v) is 4.32. The normalized spacial score (nSPS) is 11.7. The van der Waals surface area contributed by atoms with E-state index in [0.29, 0.717) is 17.6 Å². The number of carbonyl (C=O) groups excluding carboxylic acids is 1. The number of carbonyl (C=O) groups is 1. The first-order valence-corrected chi connectivity index (χ1v) is 8.66. The van der Waals surface area contributed by atoms with Crippen molar-refractivity contribution < 1.29 is 17.9 Å². The Bertz CT molecular complexity index is 617. The van der Waals surface area contributed by atoms with Crippen molar-refractivity contribution in [1.29, 1.82) is 0 Å². The zero-order valence-electron chi connectivity index (χ0n) is 12.2. The van der Waals surface area contributed by atoms with E-state index in [9.17, 15) is 13.2 Å².